The van der Waals surface area contributed by atoms with Gasteiger partial charge in [0.15, 0.2) is 0 Å². The number of ketones is 1. The SMILES string of the molecule is CCOCCOc1ccc(CCCCCCCCCCCCCCC(C)=O)nc1. The van der Waals surface area contributed by atoms with Crippen LogP contribution in [0.1, 0.15) is 103 Å². The molecule has 0 saturated carbocycles. The third-order valence-electron chi connectivity index (χ3n) is 5.21. The lowest BCUT2D eigenvalue weighted by Crippen LogP contribution is -2.06. The highest BCUT2D eigenvalue weighted by Gasteiger charge is 1.99. The molecule has 4 heteroatoms. The van der Waals surface area contributed by atoms with Crippen molar-refractivity contribution in [2.45, 2.75) is 104 Å². The second kappa shape index (κ2) is 18.6. The molecular formula is C25H43NO3. The van der Waals surface area contributed by atoms with Crippen molar-refractivity contribution in [1.29, 1.82) is 0 Å². The van der Waals surface area contributed by atoms with E-state index in [9.17, 15) is 4.79 Å². The molecule has 0 spiro atoms. The Morgan fingerprint density at radius 1 is 0.828 bits per heavy atom. The third kappa shape index (κ3) is 16.1. The third-order valence-corrected chi connectivity index (χ3v) is 5.21. The van der Waals surface area contributed by atoms with Crippen molar-refractivity contribution in [3.05, 3.63) is 24.0 Å². The lowest BCUT2D eigenvalue weighted by molar-refractivity contribution is -0.117. The molecule has 0 fully saturated rings. The minimum atomic E-state index is 0.331. The Morgan fingerprint density at radius 2 is 1.41 bits per heavy atom. The Balaban J connectivity index is 1.86. The van der Waals surface area contributed by atoms with Crippen molar-refractivity contribution in [1.82, 2.24) is 4.98 Å². The van der Waals surface area contributed by atoms with Crippen LogP contribution in [0.3, 0.4) is 0 Å². The van der Waals surface area contributed by atoms with E-state index in [0.717, 1.165) is 37.3 Å². The van der Waals surface area contributed by atoms with Gasteiger partial charge in [-0.15, -0.1) is 0 Å². The molecule has 0 aliphatic heterocycles. The summed E-state index contributed by atoms with van der Waals surface area (Å²) in [7, 11) is 0. The standard InChI is InChI=1S/C25H43NO3/c1-3-28-20-21-29-25-19-18-24(26-22-25)17-15-13-11-9-7-5-4-6-8-10-12-14-16-23(2)27/h18-19,22H,3-17,20-21H2,1-2H3. The maximum atomic E-state index is 10.9. The zero-order valence-electron chi connectivity index (χ0n) is 18.9. The van der Waals surface area contributed by atoms with E-state index in [-0.39, 0.29) is 0 Å². The highest BCUT2D eigenvalue weighted by atomic mass is 16.5. The molecule has 4 nitrogen and oxygen atoms in total. The number of nitrogens with zero attached hydrogens (tertiary/aromatic N) is 1. The van der Waals surface area contributed by atoms with Crippen LogP contribution in [0, 0.1) is 0 Å². The summed E-state index contributed by atoms with van der Waals surface area (Å²) >= 11 is 0. The van der Waals surface area contributed by atoms with Crippen LogP contribution < -0.4 is 4.74 Å². The normalized spacial score (nSPS) is 11.0. The Morgan fingerprint density at radius 3 is 1.93 bits per heavy atom. The molecule has 0 N–H and O–H groups in total. The van der Waals surface area contributed by atoms with Gasteiger partial charge in [0.05, 0.1) is 12.8 Å². The molecule has 0 aromatic carbocycles. The molecule has 29 heavy (non-hydrogen) atoms. The molecule has 1 heterocycles. The van der Waals surface area contributed by atoms with E-state index in [0.29, 0.717) is 19.0 Å². The molecule has 166 valence electrons. The van der Waals surface area contributed by atoms with Gasteiger partial charge in [-0.1, -0.05) is 64.2 Å². The molecule has 0 amide bonds. The number of rotatable bonds is 20. The molecule has 0 aliphatic rings. The molecule has 1 aromatic rings. The molecule has 1 aromatic heterocycles. The fourth-order valence-electron chi connectivity index (χ4n) is 3.45. The van der Waals surface area contributed by atoms with Crippen molar-refractivity contribution in [2.75, 3.05) is 19.8 Å². The fourth-order valence-corrected chi connectivity index (χ4v) is 3.45. The number of pyridine rings is 1. The average Bonchev–Trinajstić information content (AvgIpc) is 2.72. The molecule has 0 unspecified atom stereocenters. The summed E-state index contributed by atoms with van der Waals surface area (Å²) in [5.74, 6) is 1.15. The maximum absolute atomic E-state index is 10.9. The minimum absolute atomic E-state index is 0.331. The number of unbranched alkanes of at least 4 members (excludes halogenated alkanes) is 11. The summed E-state index contributed by atoms with van der Waals surface area (Å²) in [5, 5.41) is 0. The predicted octanol–water partition coefficient (Wildman–Crippen LogP) is 6.70. The van der Waals surface area contributed by atoms with E-state index < -0.39 is 0 Å². The van der Waals surface area contributed by atoms with Crippen LogP contribution in [0.5, 0.6) is 5.75 Å². The first-order chi connectivity index (χ1) is 14.2. The van der Waals surface area contributed by atoms with Gasteiger partial charge in [0, 0.05) is 18.7 Å². The summed E-state index contributed by atoms with van der Waals surface area (Å²) in [6, 6.07) is 4.09. The van der Waals surface area contributed by atoms with Crippen molar-refractivity contribution < 1.29 is 14.3 Å². The van der Waals surface area contributed by atoms with Crippen LogP contribution in [0.25, 0.3) is 0 Å². The fraction of sp³-hybridized carbons (Fsp3) is 0.760. The summed E-state index contributed by atoms with van der Waals surface area (Å²) < 4.78 is 10.9. The van der Waals surface area contributed by atoms with Gasteiger partial charge in [-0.3, -0.25) is 4.98 Å². The number of aromatic nitrogens is 1. The predicted molar refractivity (Wildman–Crippen MR) is 121 cm³/mol. The van der Waals surface area contributed by atoms with Crippen molar-refractivity contribution >= 4 is 5.78 Å². The summed E-state index contributed by atoms with van der Waals surface area (Å²) in [5.41, 5.74) is 1.16. The number of Topliss-reactive ketones (excluding diaryl/α,β-unsaturated/α-hetero) is 1. The van der Waals surface area contributed by atoms with E-state index >= 15 is 0 Å². The van der Waals surface area contributed by atoms with Crippen LogP contribution in [0.15, 0.2) is 18.3 Å². The van der Waals surface area contributed by atoms with Crippen molar-refractivity contribution in [2.24, 2.45) is 0 Å². The number of aryl methyl sites for hydroxylation is 1. The largest absolute Gasteiger partial charge is 0.490 e. The van der Waals surface area contributed by atoms with Crippen LogP contribution in [0.2, 0.25) is 0 Å². The highest BCUT2D eigenvalue weighted by molar-refractivity contribution is 5.75. The van der Waals surface area contributed by atoms with Crippen LogP contribution >= 0.6 is 0 Å². The van der Waals surface area contributed by atoms with Gasteiger partial charge in [0.1, 0.15) is 18.1 Å². The van der Waals surface area contributed by atoms with Gasteiger partial charge in [0.25, 0.3) is 0 Å². The van der Waals surface area contributed by atoms with Crippen LogP contribution in [-0.4, -0.2) is 30.6 Å². The first-order valence-electron chi connectivity index (χ1n) is 11.9. The molecule has 0 saturated heterocycles. The zero-order chi connectivity index (χ0) is 21.0. The summed E-state index contributed by atoms with van der Waals surface area (Å²) in [6.07, 6.45) is 19.3. The minimum Gasteiger partial charge on any atom is -0.490 e. The van der Waals surface area contributed by atoms with Crippen LogP contribution in [-0.2, 0) is 16.0 Å². The average molecular weight is 406 g/mol. The Hall–Kier alpha value is -1.42. The molecule has 0 radical (unpaired) electrons. The molecule has 0 atom stereocenters. The summed E-state index contributed by atoms with van der Waals surface area (Å²) in [4.78, 5) is 15.4. The first kappa shape index (κ1) is 25.6. The number of carbonyl (C=O) groups is 1. The smallest absolute Gasteiger partial charge is 0.137 e. The first-order valence-corrected chi connectivity index (χ1v) is 11.9. The van der Waals surface area contributed by atoms with Gasteiger partial charge < -0.3 is 14.3 Å². The number of carbonyl (C=O) groups excluding carboxylic acids is 1. The molecular weight excluding hydrogens is 362 g/mol. The van der Waals surface area contributed by atoms with Gasteiger partial charge in [0.2, 0.25) is 0 Å². The Bertz CT molecular complexity index is 501. The lowest BCUT2D eigenvalue weighted by Gasteiger charge is -2.07. The Labute approximate surface area is 178 Å². The molecule has 1 rings (SSSR count). The second-order valence-electron chi connectivity index (χ2n) is 7.98. The molecule has 0 aliphatic carbocycles. The lowest BCUT2D eigenvalue weighted by atomic mass is 10.0. The monoisotopic (exact) mass is 405 g/mol. The highest BCUT2D eigenvalue weighted by Crippen LogP contribution is 2.14. The van der Waals surface area contributed by atoms with Gasteiger partial charge in [-0.05, 0) is 45.2 Å². The van der Waals surface area contributed by atoms with E-state index in [2.05, 4.69) is 11.1 Å². The summed E-state index contributed by atoms with van der Waals surface area (Å²) in [6.45, 7) is 5.61. The van der Waals surface area contributed by atoms with E-state index in [4.69, 9.17) is 9.47 Å². The van der Waals surface area contributed by atoms with E-state index in [1.54, 1.807) is 6.92 Å². The number of hydrogen-bond donors (Lipinski definition) is 0. The van der Waals surface area contributed by atoms with Crippen molar-refractivity contribution in [3.8, 4) is 5.75 Å². The van der Waals surface area contributed by atoms with Gasteiger partial charge in [-0.2, -0.15) is 0 Å². The van der Waals surface area contributed by atoms with E-state index in [1.165, 1.54) is 70.6 Å². The number of ether oxygens (including phenoxy) is 2. The molecule has 0 bridgehead atoms. The van der Waals surface area contributed by atoms with Gasteiger partial charge >= 0.3 is 0 Å². The maximum Gasteiger partial charge on any atom is 0.137 e. The van der Waals surface area contributed by atoms with Crippen molar-refractivity contribution in [3.63, 3.8) is 0 Å². The van der Waals surface area contributed by atoms with Gasteiger partial charge in [-0.25, -0.2) is 0 Å². The number of hydrogen-bond acceptors (Lipinski definition) is 4. The zero-order valence-corrected chi connectivity index (χ0v) is 18.9. The Kier molecular flexibility index (Phi) is 16.4. The topological polar surface area (TPSA) is 48.4 Å². The van der Waals surface area contributed by atoms with E-state index in [1.807, 2.05) is 19.2 Å². The van der Waals surface area contributed by atoms with Crippen LogP contribution in [0.4, 0.5) is 0 Å². The quantitative estimate of drug-likeness (QED) is 0.226. The second-order valence-corrected chi connectivity index (χ2v) is 7.98.